The number of rotatable bonds is 3. The van der Waals surface area contributed by atoms with E-state index >= 15 is 0 Å². The number of nitrogens with zero attached hydrogens (tertiary/aromatic N) is 2. The zero-order chi connectivity index (χ0) is 27.5. The Hall–Kier alpha value is -3.73. The summed E-state index contributed by atoms with van der Waals surface area (Å²) in [6, 6.07) is 14.9. The summed E-state index contributed by atoms with van der Waals surface area (Å²) in [5.74, 6) is 0.877. The number of fused-ring (bicyclic) bond motifs is 5. The molecular weight excluding hydrogens is 510 g/mol. The predicted octanol–water partition coefficient (Wildman–Crippen LogP) is 2.26. The van der Waals surface area contributed by atoms with Crippen LogP contribution in [-0.2, 0) is 16.1 Å². The molecule has 4 heterocycles. The second kappa shape index (κ2) is 11.8. The molecule has 2 aromatic carbocycles. The molecule has 40 heavy (non-hydrogen) atoms. The molecule has 4 bridgehead atoms. The van der Waals surface area contributed by atoms with Gasteiger partial charge in [-0.25, -0.2) is 4.98 Å². The van der Waals surface area contributed by atoms with Crippen LogP contribution in [0, 0.1) is 0 Å². The molecule has 3 aromatic rings. The van der Waals surface area contributed by atoms with E-state index in [0.717, 1.165) is 17.0 Å². The Bertz CT molecular complexity index is 1320. The van der Waals surface area contributed by atoms with E-state index in [0.29, 0.717) is 56.7 Å². The Morgan fingerprint density at radius 2 is 1.93 bits per heavy atom. The van der Waals surface area contributed by atoms with Crippen LogP contribution in [-0.4, -0.2) is 81.9 Å². The lowest BCUT2D eigenvalue weighted by Gasteiger charge is -2.34. The van der Waals surface area contributed by atoms with E-state index in [2.05, 4.69) is 20.6 Å². The molecule has 10 heteroatoms. The molecule has 0 saturated carbocycles. The number of aromatic nitrogens is 2. The van der Waals surface area contributed by atoms with Crippen LogP contribution in [0.3, 0.4) is 0 Å². The molecule has 2 saturated heterocycles. The van der Waals surface area contributed by atoms with Gasteiger partial charge in [0.15, 0.2) is 0 Å². The maximum Gasteiger partial charge on any atom is 0.255 e. The maximum absolute atomic E-state index is 13.6. The molecule has 0 aliphatic carbocycles. The van der Waals surface area contributed by atoms with Gasteiger partial charge in [-0.2, -0.15) is 0 Å². The van der Waals surface area contributed by atoms with E-state index in [-0.39, 0.29) is 30.5 Å². The van der Waals surface area contributed by atoms with Gasteiger partial charge in [0.2, 0.25) is 5.91 Å². The molecule has 1 aromatic heterocycles. The number of aliphatic hydroxyl groups is 1. The number of carbonyl (C=O) groups excluding carboxylic acids is 2. The first kappa shape index (κ1) is 26.5. The first-order valence-electron chi connectivity index (χ1n) is 14.0. The molecule has 5 atom stereocenters. The lowest BCUT2D eigenvalue weighted by atomic mass is 9.99. The van der Waals surface area contributed by atoms with Gasteiger partial charge in [-0.15, -0.1) is 0 Å². The second-order valence-electron chi connectivity index (χ2n) is 10.8. The van der Waals surface area contributed by atoms with Crippen molar-refractivity contribution in [2.45, 2.75) is 62.6 Å². The highest BCUT2D eigenvalue weighted by molar-refractivity contribution is 5.98. The van der Waals surface area contributed by atoms with Gasteiger partial charge in [-0.1, -0.05) is 36.4 Å². The fourth-order valence-electron chi connectivity index (χ4n) is 5.90. The Labute approximate surface area is 233 Å². The van der Waals surface area contributed by atoms with Crippen molar-refractivity contribution in [3.05, 3.63) is 72.3 Å². The Morgan fingerprint density at radius 3 is 2.75 bits per heavy atom. The van der Waals surface area contributed by atoms with Crippen molar-refractivity contribution >= 4 is 11.8 Å². The summed E-state index contributed by atoms with van der Waals surface area (Å²) in [5, 5.41) is 16.7. The molecule has 0 radical (unpaired) electrons. The Balaban J connectivity index is 1.29. The largest absolute Gasteiger partial charge is 0.493 e. The number of ether oxygens (including phenoxy) is 2. The summed E-state index contributed by atoms with van der Waals surface area (Å²) >= 11 is 0. The molecular formula is C30H35N5O5. The summed E-state index contributed by atoms with van der Waals surface area (Å²) in [4.78, 5) is 36.4. The standard InChI is InChI=1S/C30H35N5O5/c36-25-9-7-22-10-13-39-26-14-20(19-4-2-1-3-5-19)6-8-23(26)29(37)34-21-15-24(30(38)33-16-27(25)40-22)35(17-21)18-28-31-11-12-32-28/h1-6,8,11-12,14,21-22,24-25,27,36H,7,9-10,13,15-18H2,(H,31,32)(H,33,38)(H,34,37)/t21-,22-,24-,25-,27+/m0/s1. The zero-order valence-corrected chi connectivity index (χ0v) is 22.3. The summed E-state index contributed by atoms with van der Waals surface area (Å²) in [7, 11) is 0. The van der Waals surface area contributed by atoms with Crippen molar-refractivity contribution in [2.24, 2.45) is 0 Å². The van der Waals surface area contributed by atoms with Crippen molar-refractivity contribution in [3.63, 3.8) is 0 Å². The Morgan fingerprint density at radius 1 is 1.05 bits per heavy atom. The highest BCUT2D eigenvalue weighted by Gasteiger charge is 2.39. The van der Waals surface area contributed by atoms with E-state index in [1.165, 1.54) is 0 Å². The van der Waals surface area contributed by atoms with Crippen LogP contribution in [0.5, 0.6) is 5.75 Å². The third kappa shape index (κ3) is 5.89. The molecule has 10 nitrogen and oxygen atoms in total. The number of carbonyl (C=O) groups is 2. The molecule has 2 amide bonds. The number of likely N-dealkylation sites (tertiary alicyclic amines) is 1. The number of H-pyrrole nitrogens is 1. The zero-order valence-electron chi connectivity index (χ0n) is 22.3. The maximum atomic E-state index is 13.6. The summed E-state index contributed by atoms with van der Waals surface area (Å²) in [6.45, 7) is 1.53. The molecule has 4 N–H and O–H groups in total. The topological polar surface area (TPSA) is 129 Å². The minimum Gasteiger partial charge on any atom is -0.493 e. The van der Waals surface area contributed by atoms with Crippen LogP contribution in [0.25, 0.3) is 11.1 Å². The number of hydrogen-bond acceptors (Lipinski definition) is 7. The van der Waals surface area contributed by atoms with Crippen LogP contribution >= 0.6 is 0 Å². The molecule has 3 aliphatic heterocycles. The lowest BCUT2D eigenvalue weighted by Crippen LogP contribution is -2.50. The lowest BCUT2D eigenvalue weighted by molar-refractivity contribution is -0.133. The quantitative estimate of drug-likeness (QED) is 0.397. The van der Waals surface area contributed by atoms with Crippen molar-refractivity contribution in [2.75, 3.05) is 19.7 Å². The van der Waals surface area contributed by atoms with Crippen LogP contribution in [0.1, 0.15) is 41.9 Å². The van der Waals surface area contributed by atoms with E-state index in [9.17, 15) is 14.7 Å². The average molecular weight is 546 g/mol. The van der Waals surface area contributed by atoms with Crippen LogP contribution < -0.4 is 15.4 Å². The highest BCUT2D eigenvalue weighted by Crippen LogP contribution is 2.30. The third-order valence-electron chi connectivity index (χ3n) is 8.04. The van der Waals surface area contributed by atoms with Gasteiger partial charge in [-0.05, 0) is 42.5 Å². The molecule has 0 unspecified atom stereocenters. The molecule has 6 rings (SSSR count). The fourth-order valence-corrected chi connectivity index (χ4v) is 5.90. The minimum absolute atomic E-state index is 0.112. The number of aromatic amines is 1. The predicted molar refractivity (Wildman–Crippen MR) is 148 cm³/mol. The SMILES string of the molecule is O=C1N[C@H]2C[C@@H](C(=O)NC[C@H]3O[C@H](CCOc4cc(-c5ccccc5)ccc41)CC[C@@H]3O)N(Cc1ncc[nH]1)C2. The van der Waals surface area contributed by atoms with Crippen LogP contribution in [0.4, 0.5) is 0 Å². The number of aliphatic hydroxyl groups excluding tert-OH is 1. The molecule has 210 valence electrons. The van der Waals surface area contributed by atoms with Gasteiger partial charge in [0.05, 0.1) is 37.0 Å². The van der Waals surface area contributed by atoms with Gasteiger partial charge >= 0.3 is 0 Å². The van der Waals surface area contributed by atoms with Crippen molar-refractivity contribution in [1.82, 2.24) is 25.5 Å². The first-order chi connectivity index (χ1) is 19.5. The van der Waals surface area contributed by atoms with E-state index in [1.54, 1.807) is 18.5 Å². The second-order valence-corrected chi connectivity index (χ2v) is 10.8. The van der Waals surface area contributed by atoms with Crippen LogP contribution in [0.15, 0.2) is 60.9 Å². The number of benzene rings is 2. The third-order valence-corrected chi connectivity index (χ3v) is 8.04. The average Bonchev–Trinajstić information content (AvgIpc) is 3.63. The number of nitrogens with one attached hydrogen (secondary N) is 3. The molecule has 2 fully saturated rings. The highest BCUT2D eigenvalue weighted by atomic mass is 16.5. The van der Waals surface area contributed by atoms with E-state index in [4.69, 9.17) is 9.47 Å². The first-order valence-corrected chi connectivity index (χ1v) is 14.0. The summed E-state index contributed by atoms with van der Waals surface area (Å²) in [6.07, 6.45) is 4.55. The normalized spacial score (nSPS) is 27.8. The smallest absolute Gasteiger partial charge is 0.255 e. The van der Waals surface area contributed by atoms with Gasteiger partial charge in [-0.3, -0.25) is 14.5 Å². The minimum atomic E-state index is -0.639. The van der Waals surface area contributed by atoms with Crippen molar-refractivity contribution < 1.29 is 24.2 Å². The monoisotopic (exact) mass is 545 g/mol. The van der Waals surface area contributed by atoms with Crippen molar-refractivity contribution in [3.8, 4) is 16.9 Å². The summed E-state index contributed by atoms with van der Waals surface area (Å²) < 4.78 is 12.4. The van der Waals surface area contributed by atoms with Crippen LogP contribution in [0.2, 0.25) is 0 Å². The number of hydrogen-bond donors (Lipinski definition) is 4. The van der Waals surface area contributed by atoms with Gasteiger partial charge in [0.25, 0.3) is 5.91 Å². The van der Waals surface area contributed by atoms with E-state index in [1.807, 2.05) is 47.4 Å². The molecule has 0 spiro atoms. The molecule has 3 aliphatic rings. The van der Waals surface area contributed by atoms with Gasteiger partial charge in [0.1, 0.15) is 17.7 Å². The summed E-state index contributed by atoms with van der Waals surface area (Å²) in [5.41, 5.74) is 2.45. The van der Waals surface area contributed by atoms with Crippen molar-refractivity contribution in [1.29, 1.82) is 0 Å². The fraction of sp³-hybridized carbons (Fsp3) is 0.433. The number of imidazole rings is 1. The van der Waals surface area contributed by atoms with Gasteiger partial charge < -0.3 is 30.2 Å². The number of amides is 2. The Kier molecular flexibility index (Phi) is 7.81. The van der Waals surface area contributed by atoms with E-state index < -0.39 is 18.2 Å². The van der Waals surface area contributed by atoms with Gasteiger partial charge in [0, 0.05) is 37.9 Å².